The van der Waals surface area contributed by atoms with Crippen molar-refractivity contribution in [1.29, 1.82) is 0 Å². The van der Waals surface area contributed by atoms with Crippen molar-refractivity contribution in [3.8, 4) is 0 Å². The number of halogens is 3. The zero-order valence-corrected chi connectivity index (χ0v) is 13.8. The summed E-state index contributed by atoms with van der Waals surface area (Å²) >= 11 is 0. The second-order valence-electron chi connectivity index (χ2n) is 5.56. The van der Waals surface area contributed by atoms with Crippen molar-refractivity contribution in [3.05, 3.63) is 47.4 Å². The van der Waals surface area contributed by atoms with Crippen LogP contribution in [0.4, 0.5) is 30.6 Å². The Morgan fingerprint density at radius 1 is 1.19 bits per heavy atom. The zero-order valence-electron chi connectivity index (χ0n) is 13.8. The van der Waals surface area contributed by atoms with Gasteiger partial charge in [-0.05, 0) is 6.92 Å². The van der Waals surface area contributed by atoms with Gasteiger partial charge in [0.1, 0.15) is 11.4 Å². The van der Waals surface area contributed by atoms with Gasteiger partial charge in [-0.3, -0.25) is 15.1 Å². The van der Waals surface area contributed by atoms with Gasteiger partial charge in [-0.15, -0.1) is 0 Å². The zero-order chi connectivity index (χ0) is 18.9. The average Bonchev–Trinajstić information content (AvgIpc) is 3.01. The van der Waals surface area contributed by atoms with Crippen LogP contribution < -0.4 is 11.1 Å². The lowest BCUT2D eigenvalue weighted by molar-refractivity contribution is -0.137. The molecule has 0 amide bonds. The number of rotatable bonds is 4. The van der Waals surface area contributed by atoms with Crippen molar-refractivity contribution in [2.24, 2.45) is 0 Å². The van der Waals surface area contributed by atoms with Crippen LogP contribution in [-0.4, -0.2) is 30.1 Å². The van der Waals surface area contributed by atoms with Gasteiger partial charge < -0.3 is 11.1 Å². The lowest BCUT2D eigenvalue weighted by Crippen LogP contribution is -2.15. The number of hydrogen-bond donors (Lipinski definition) is 3. The Morgan fingerprint density at radius 3 is 2.58 bits per heavy atom. The molecule has 0 spiro atoms. The number of nitrogens with two attached hydrogens (primary N) is 1. The fourth-order valence-corrected chi connectivity index (χ4v) is 2.53. The number of nitrogen functional groups attached to an aromatic ring is 1. The molecule has 0 saturated carbocycles. The van der Waals surface area contributed by atoms with E-state index in [1.54, 1.807) is 18.6 Å². The van der Waals surface area contributed by atoms with Gasteiger partial charge in [-0.1, -0.05) is 6.92 Å². The Balaban J connectivity index is 1.91. The molecule has 136 valence electrons. The number of H-pyrrole nitrogens is 1. The topological polar surface area (TPSA) is 118 Å². The Labute approximate surface area is 146 Å². The SMILES string of the molecule is Cc1nc(Nc2cn[nH]c2C(C)c2cnccn2)nc(N)c1C(F)(F)F. The first kappa shape index (κ1) is 17.6. The molecule has 0 aliphatic rings. The lowest BCUT2D eigenvalue weighted by Gasteiger charge is -2.15. The predicted octanol–water partition coefficient (Wildman–Crippen LogP) is 2.79. The molecule has 0 aliphatic heterocycles. The van der Waals surface area contributed by atoms with E-state index in [1.807, 2.05) is 6.92 Å². The molecule has 8 nitrogen and oxygen atoms in total. The lowest BCUT2D eigenvalue weighted by atomic mass is 10.0. The molecule has 3 heterocycles. The van der Waals surface area contributed by atoms with Crippen LogP contribution in [-0.2, 0) is 6.18 Å². The van der Waals surface area contributed by atoms with Crippen LogP contribution >= 0.6 is 0 Å². The Hall–Kier alpha value is -3.24. The van der Waals surface area contributed by atoms with Crippen LogP contribution in [0.1, 0.15) is 35.5 Å². The van der Waals surface area contributed by atoms with Gasteiger partial charge in [-0.2, -0.15) is 23.3 Å². The molecule has 0 radical (unpaired) electrons. The monoisotopic (exact) mass is 364 g/mol. The number of hydrogen-bond acceptors (Lipinski definition) is 7. The van der Waals surface area contributed by atoms with E-state index in [9.17, 15) is 13.2 Å². The van der Waals surface area contributed by atoms with Crippen LogP contribution in [0, 0.1) is 6.92 Å². The molecule has 0 bridgehead atoms. The number of aromatic nitrogens is 6. The number of nitrogens with zero attached hydrogens (tertiary/aromatic N) is 5. The largest absolute Gasteiger partial charge is 0.421 e. The third-order valence-electron chi connectivity index (χ3n) is 3.78. The molecule has 0 fully saturated rings. The molecule has 3 aromatic heterocycles. The van der Waals surface area contributed by atoms with E-state index in [4.69, 9.17) is 5.73 Å². The summed E-state index contributed by atoms with van der Waals surface area (Å²) in [5, 5.41) is 9.66. The fraction of sp³-hybridized carbons (Fsp3) is 0.267. The van der Waals surface area contributed by atoms with Gasteiger partial charge in [-0.25, -0.2) is 4.98 Å². The molecular formula is C15H15F3N8. The van der Waals surface area contributed by atoms with Crippen LogP contribution in [0.25, 0.3) is 0 Å². The second kappa shape index (κ2) is 6.58. The van der Waals surface area contributed by atoms with Gasteiger partial charge in [0, 0.05) is 24.5 Å². The van der Waals surface area contributed by atoms with E-state index < -0.39 is 17.6 Å². The normalized spacial score (nSPS) is 12.8. The summed E-state index contributed by atoms with van der Waals surface area (Å²) in [6.07, 6.45) is 1.61. The molecular weight excluding hydrogens is 349 g/mol. The van der Waals surface area contributed by atoms with Crippen molar-refractivity contribution in [3.63, 3.8) is 0 Å². The molecule has 1 atom stereocenters. The van der Waals surface area contributed by atoms with Gasteiger partial charge in [0.05, 0.1) is 29.0 Å². The van der Waals surface area contributed by atoms with Crippen molar-refractivity contribution < 1.29 is 13.2 Å². The summed E-state index contributed by atoms with van der Waals surface area (Å²) in [6, 6.07) is 0. The summed E-state index contributed by atoms with van der Waals surface area (Å²) in [6.45, 7) is 3.11. The summed E-state index contributed by atoms with van der Waals surface area (Å²) in [5.74, 6) is -0.886. The fourth-order valence-electron chi connectivity index (χ4n) is 2.53. The van der Waals surface area contributed by atoms with E-state index in [-0.39, 0.29) is 17.6 Å². The second-order valence-corrected chi connectivity index (χ2v) is 5.56. The first-order valence-electron chi connectivity index (χ1n) is 7.55. The van der Waals surface area contributed by atoms with Crippen LogP contribution in [0.2, 0.25) is 0 Å². The molecule has 4 N–H and O–H groups in total. The number of aryl methyl sites for hydroxylation is 1. The molecule has 3 rings (SSSR count). The van der Waals surface area contributed by atoms with Gasteiger partial charge in [0.15, 0.2) is 0 Å². The summed E-state index contributed by atoms with van der Waals surface area (Å²) in [4.78, 5) is 15.8. The average molecular weight is 364 g/mol. The van der Waals surface area contributed by atoms with Crippen LogP contribution in [0.3, 0.4) is 0 Å². The number of alkyl halides is 3. The number of aromatic amines is 1. The highest BCUT2D eigenvalue weighted by Gasteiger charge is 2.36. The van der Waals surface area contributed by atoms with Gasteiger partial charge in [0.25, 0.3) is 0 Å². The van der Waals surface area contributed by atoms with Gasteiger partial charge in [0.2, 0.25) is 5.95 Å². The highest BCUT2D eigenvalue weighted by Crippen LogP contribution is 2.35. The quantitative estimate of drug-likeness (QED) is 0.651. The smallest absolute Gasteiger partial charge is 0.383 e. The Kier molecular flexibility index (Phi) is 4.45. The molecule has 1 unspecified atom stereocenters. The first-order valence-corrected chi connectivity index (χ1v) is 7.55. The summed E-state index contributed by atoms with van der Waals surface area (Å²) in [7, 11) is 0. The van der Waals surface area contributed by atoms with Crippen LogP contribution in [0.5, 0.6) is 0 Å². The minimum absolute atomic E-state index is 0.0537. The van der Waals surface area contributed by atoms with E-state index in [0.717, 1.165) is 0 Å². The molecule has 0 saturated heterocycles. The highest BCUT2D eigenvalue weighted by atomic mass is 19.4. The van der Waals surface area contributed by atoms with E-state index in [0.29, 0.717) is 17.1 Å². The maximum absolute atomic E-state index is 13.0. The van der Waals surface area contributed by atoms with E-state index in [2.05, 4.69) is 35.5 Å². The first-order chi connectivity index (χ1) is 12.3. The number of anilines is 3. The van der Waals surface area contributed by atoms with Crippen molar-refractivity contribution in [1.82, 2.24) is 30.1 Å². The molecule has 0 aliphatic carbocycles. The Morgan fingerprint density at radius 2 is 1.96 bits per heavy atom. The molecule has 26 heavy (non-hydrogen) atoms. The maximum atomic E-state index is 13.0. The van der Waals surface area contributed by atoms with Gasteiger partial charge >= 0.3 is 6.18 Å². The van der Waals surface area contributed by atoms with Crippen molar-refractivity contribution in [2.45, 2.75) is 25.9 Å². The standard InChI is InChI=1S/C15H15F3N8/c1-7(9-5-20-3-4-21-9)12-10(6-22-26-12)24-14-23-8(2)11(13(19)25-14)15(16,17)18/h3-7H,1-2H3,(H,22,26)(H3,19,23,24,25). The molecule has 3 aromatic rings. The predicted molar refractivity (Wildman–Crippen MR) is 87.6 cm³/mol. The van der Waals surface area contributed by atoms with E-state index >= 15 is 0 Å². The highest BCUT2D eigenvalue weighted by molar-refractivity contribution is 5.59. The van der Waals surface area contributed by atoms with E-state index in [1.165, 1.54) is 13.1 Å². The maximum Gasteiger partial charge on any atom is 0.421 e. The summed E-state index contributed by atoms with van der Waals surface area (Å²) in [5.41, 5.74) is 6.03. The molecule has 0 aromatic carbocycles. The third kappa shape index (κ3) is 3.41. The van der Waals surface area contributed by atoms with Crippen molar-refractivity contribution >= 4 is 17.5 Å². The summed E-state index contributed by atoms with van der Waals surface area (Å²) < 4.78 is 38.9. The third-order valence-corrected chi connectivity index (χ3v) is 3.78. The van der Waals surface area contributed by atoms with Crippen LogP contribution in [0.15, 0.2) is 24.8 Å². The number of nitrogens with one attached hydrogen (secondary N) is 2. The minimum Gasteiger partial charge on any atom is -0.383 e. The Bertz CT molecular complexity index is 884. The van der Waals surface area contributed by atoms with Crippen molar-refractivity contribution in [2.75, 3.05) is 11.1 Å². The molecule has 11 heteroatoms. The minimum atomic E-state index is -4.62.